The molecule has 1 aromatic rings. The summed E-state index contributed by atoms with van der Waals surface area (Å²) >= 11 is 0. The molecule has 1 heterocycles. The van der Waals surface area contributed by atoms with Crippen molar-refractivity contribution in [2.45, 2.75) is 12.1 Å². The summed E-state index contributed by atoms with van der Waals surface area (Å²) in [7, 11) is 0. The van der Waals surface area contributed by atoms with Gasteiger partial charge in [-0.05, 0) is 6.07 Å². The molecule has 0 spiro atoms. The standard InChI is InChI=1S/C11H11F2NO3/c12-6-1-2-7(8(13)3-6)10-4-14-9(5-17-10)11(15)16/h1-3,9-10,14H,4-5H2,(H,15,16). The minimum absolute atomic E-state index is 0.0448. The van der Waals surface area contributed by atoms with E-state index in [-0.39, 0.29) is 18.7 Å². The van der Waals surface area contributed by atoms with Crippen LogP contribution in [-0.4, -0.2) is 30.3 Å². The molecule has 2 rings (SSSR count). The van der Waals surface area contributed by atoms with Crippen molar-refractivity contribution < 1.29 is 23.4 Å². The molecule has 2 atom stereocenters. The molecule has 0 bridgehead atoms. The molecule has 4 nitrogen and oxygen atoms in total. The van der Waals surface area contributed by atoms with Crippen molar-refractivity contribution in [1.82, 2.24) is 5.32 Å². The summed E-state index contributed by atoms with van der Waals surface area (Å²) in [6, 6.07) is 2.44. The van der Waals surface area contributed by atoms with Crippen molar-refractivity contribution in [1.29, 1.82) is 0 Å². The Kier molecular flexibility index (Phi) is 3.35. The summed E-state index contributed by atoms with van der Waals surface area (Å²) in [5.74, 6) is -2.35. The maximum absolute atomic E-state index is 13.4. The number of carbonyl (C=O) groups is 1. The second-order valence-corrected chi connectivity index (χ2v) is 3.79. The van der Waals surface area contributed by atoms with Gasteiger partial charge in [-0.1, -0.05) is 6.07 Å². The number of hydrogen-bond acceptors (Lipinski definition) is 3. The normalized spacial score (nSPS) is 24.6. The molecule has 0 amide bonds. The minimum Gasteiger partial charge on any atom is -0.480 e. The van der Waals surface area contributed by atoms with Crippen molar-refractivity contribution in [2.24, 2.45) is 0 Å². The van der Waals surface area contributed by atoms with Crippen LogP contribution in [0.2, 0.25) is 0 Å². The lowest BCUT2D eigenvalue weighted by molar-refractivity contribution is -0.144. The number of ether oxygens (including phenoxy) is 1. The van der Waals surface area contributed by atoms with Gasteiger partial charge in [-0.25, -0.2) is 8.78 Å². The Morgan fingerprint density at radius 1 is 1.47 bits per heavy atom. The van der Waals surface area contributed by atoms with Crippen molar-refractivity contribution in [3.8, 4) is 0 Å². The largest absolute Gasteiger partial charge is 0.480 e. The summed E-state index contributed by atoms with van der Waals surface area (Å²) in [6.07, 6.45) is -0.591. The zero-order valence-electron chi connectivity index (χ0n) is 8.82. The molecule has 0 aliphatic carbocycles. The molecule has 0 aromatic heterocycles. The van der Waals surface area contributed by atoms with E-state index in [0.717, 1.165) is 12.1 Å². The first-order chi connectivity index (χ1) is 8.08. The first-order valence-corrected chi connectivity index (χ1v) is 5.10. The van der Waals surface area contributed by atoms with Crippen LogP contribution in [0, 0.1) is 11.6 Å². The lowest BCUT2D eigenvalue weighted by Gasteiger charge is -2.28. The van der Waals surface area contributed by atoms with E-state index in [4.69, 9.17) is 9.84 Å². The van der Waals surface area contributed by atoms with Gasteiger partial charge in [0.15, 0.2) is 0 Å². The molecule has 1 aromatic carbocycles. The van der Waals surface area contributed by atoms with Crippen LogP contribution in [0.1, 0.15) is 11.7 Å². The van der Waals surface area contributed by atoms with E-state index in [1.54, 1.807) is 0 Å². The Bertz CT molecular complexity index is 431. The van der Waals surface area contributed by atoms with E-state index in [1.807, 2.05) is 0 Å². The molecule has 1 aliphatic heterocycles. The van der Waals surface area contributed by atoms with E-state index in [9.17, 15) is 13.6 Å². The summed E-state index contributed by atoms with van der Waals surface area (Å²) in [5, 5.41) is 11.4. The van der Waals surface area contributed by atoms with Crippen LogP contribution >= 0.6 is 0 Å². The third-order valence-electron chi connectivity index (χ3n) is 2.62. The summed E-state index contributed by atoms with van der Waals surface area (Å²) in [4.78, 5) is 10.6. The Balaban J connectivity index is 2.08. The molecule has 0 saturated carbocycles. The summed E-state index contributed by atoms with van der Waals surface area (Å²) in [5.41, 5.74) is 0.225. The highest BCUT2D eigenvalue weighted by Crippen LogP contribution is 2.23. The highest BCUT2D eigenvalue weighted by Gasteiger charge is 2.28. The maximum atomic E-state index is 13.4. The van der Waals surface area contributed by atoms with E-state index in [0.29, 0.717) is 0 Å². The zero-order chi connectivity index (χ0) is 12.4. The smallest absolute Gasteiger partial charge is 0.323 e. The molecule has 2 unspecified atom stereocenters. The molecule has 0 radical (unpaired) electrons. The topological polar surface area (TPSA) is 58.6 Å². The van der Waals surface area contributed by atoms with E-state index >= 15 is 0 Å². The molecule has 1 aliphatic rings. The van der Waals surface area contributed by atoms with Gasteiger partial charge in [-0.3, -0.25) is 10.1 Å². The van der Waals surface area contributed by atoms with Crippen LogP contribution in [0.25, 0.3) is 0 Å². The van der Waals surface area contributed by atoms with Gasteiger partial charge in [0.25, 0.3) is 0 Å². The molecule has 1 saturated heterocycles. The molecule has 2 N–H and O–H groups in total. The van der Waals surface area contributed by atoms with E-state index in [1.165, 1.54) is 6.07 Å². The quantitative estimate of drug-likeness (QED) is 0.816. The number of carboxylic acids is 1. The first-order valence-electron chi connectivity index (χ1n) is 5.10. The Labute approximate surface area is 96.2 Å². The lowest BCUT2D eigenvalue weighted by atomic mass is 10.1. The minimum atomic E-state index is -1.01. The van der Waals surface area contributed by atoms with Gasteiger partial charge in [0.05, 0.1) is 12.7 Å². The van der Waals surface area contributed by atoms with Gasteiger partial charge in [0.1, 0.15) is 17.7 Å². The molecule has 17 heavy (non-hydrogen) atoms. The molecule has 1 fully saturated rings. The number of carboxylic acid groups (broad SMARTS) is 1. The van der Waals surface area contributed by atoms with E-state index in [2.05, 4.69) is 5.32 Å². The number of morpholine rings is 1. The Hall–Kier alpha value is -1.53. The lowest BCUT2D eigenvalue weighted by Crippen LogP contribution is -2.47. The highest BCUT2D eigenvalue weighted by atomic mass is 19.1. The van der Waals surface area contributed by atoms with Gasteiger partial charge in [0.2, 0.25) is 0 Å². The van der Waals surface area contributed by atoms with Crippen molar-refractivity contribution in [3.05, 3.63) is 35.4 Å². The van der Waals surface area contributed by atoms with E-state index < -0.39 is 29.7 Å². The maximum Gasteiger partial charge on any atom is 0.323 e. The highest BCUT2D eigenvalue weighted by molar-refractivity contribution is 5.73. The van der Waals surface area contributed by atoms with Crippen LogP contribution in [-0.2, 0) is 9.53 Å². The summed E-state index contributed by atoms with van der Waals surface area (Å²) < 4.78 is 31.4. The van der Waals surface area contributed by atoms with Gasteiger partial charge in [-0.15, -0.1) is 0 Å². The number of hydrogen-bond donors (Lipinski definition) is 2. The molecule has 92 valence electrons. The third-order valence-corrected chi connectivity index (χ3v) is 2.62. The second kappa shape index (κ2) is 4.77. The van der Waals surface area contributed by atoms with Crippen LogP contribution < -0.4 is 5.32 Å². The fourth-order valence-electron chi connectivity index (χ4n) is 1.70. The van der Waals surface area contributed by atoms with Crippen LogP contribution in [0.15, 0.2) is 18.2 Å². The van der Waals surface area contributed by atoms with Gasteiger partial charge in [-0.2, -0.15) is 0 Å². The number of nitrogens with one attached hydrogen (secondary N) is 1. The predicted molar refractivity (Wildman–Crippen MR) is 54.5 cm³/mol. The van der Waals surface area contributed by atoms with Crippen LogP contribution in [0.5, 0.6) is 0 Å². The molecular weight excluding hydrogens is 232 g/mol. The number of aliphatic carboxylic acids is 1. The van der Waals surface area contributed by atoms with Crippen LogP contribution in [0.4, 0.5) is 8.78 Å². The number of halogens is 2. The van der Waals surface area contributed by atoms with Crippen LogP contribution in [0.3, 0.4) is 0 Å². The second-order valence-electron chi connectivity index (χ2n) is 3.79. The van der Waals surface area contributed by atoms with Crippen molar-refractivity contribution >= 4 is 5.97 Å². The number of benzene rings is 1. The Morgan fingerprint density at radius 2 is 2.24 bits per heavy atom. The average molecular weight is 243 g/mol. The fraction of sp³-hybridized carbons (Fsp3) is 0.364. The number of rotatable bonds is 2. The van der Waals surface area contributed by atoms with Crippen molar-refractivity contribution in [3.63, 3.8) is 0 Å². The monoisotopic (exact) mass is 243 g/mol. The third kappa shape index (κ3) is 2.59. The summed E-state index contributed by atoms with van der Waals surface area (Å²) in [6.45, 7) is 0.135. The SMILES string of the molecule is O=C(O)C1COC(c2ccc(F)cc2F)CN1. The average Bonchev–Trinajstić information content (AvgIpc) is 2.29. The van der Waals surface area contributed by atoms with Crippen molar-refractivity contribution in [2.75, 3.05) is 13.2 Å². The fourth-order valence-corrected chi connectivity index (χ4v) is 1.70. The molecular formula is C11H11F2NO3. The first kappa shape index (κ1) is 11.9. The Morgan fingerprint density at radius 3 is 2.76 bits per heavy atom. The van der Waals surface area contributed by atoms with Gasteiger partial charge in [0, 0.05) is 18.2 Å². The van der Waals surface area contributed by atoms with Gasteiger partial charge >= 0.3 is 5.97 Å². The van der Waals surface area contributed by atoms with Gasteiger partial charge < -0.3 is 9.84 Å². The predicted octanol–water partition coefficient (Wildman–Crippen LogP) is 1.08. The molecule has 6 heteroatoms. The zero-order valence-corrected chi connectivity index (χ0v) is 8.82.